The Labute approximate surface area is 103 Å². The highest BCUT2D eigenvalue weighted by molar-refractivity contribution is 6.01. The van der Waals surface area contributed by atoms with Gasteiger partial charge in [-0.25, -0.2) is 0 Å². The molecule has 18 heavy (non-hydrogen) atoms. The molecule has 0 aliphatic heterocycles. The summed E-state index contributed by atoms with van der Waals surface area (Å²) in [5, 5.41) is 18.1. The van der Waals surface area contributed by atoms with E-state index in [0.29, 0.717) is 12.0 Å². The molecule has 1 aliphatic carbocycles. The molecule has 0 unspecified atom stereocenters. The van der Waals surface area contributed by atoms with Gasteiger partial charge in [0.1, 0.15) is 5.82 Å². The Morgan fingerprint density at radius 3 is 2.89 bits per heavy atom. The molecule has 0 radical (unpaired) electrons. The third-order valence-corrected chi connectivity index (χ3v) is 2.81. The molecule has 2 heterocycles. The molecule has 0 aromatic carbocycles. The van der Waals surface area contributed by atoms with Gasteiger partial charge in [-0.3, -0.25) is 14.7 Å². The molecule has 7 nitrogen and oxygen atoms in total. The van der Waals surface area contributed by atoms with Crippen LogP contribution >= 0.6 is 0 Å². The van der Waals surface area contributed by atoms with Crippen molar-refractivity contribution in [3.8, 4) is 0 Å². The maximum atomic E-state index is 11.9. The van der Waals surface area contributed by atoms with Gasteiger partial charge >= 0.3 is 0 Å². The molecule has 1 N–H and O–H groups in total. The average molecular weight is 244 g/mol. The number of hydrogen-bond acceptors (Lipinski definition) is 5. The normalized spacial score (nSPS) is 14.5. The molecule has 0 spiro atoms. The van der Waals surface area contributed by atoms with E-state index in [2.05, 4.69) is 25.7 Å². The van der Waals surface area contributed by atoms with Crippen molar-refractivity contribution >= 4 is 11.9 Å². The average Bonchev–Trinajstić information content (AvgIpc) is 3.16. The van der Waals surface area contributed by atoms with Crippen LogP contribution in [0.3, 0.4) is 0 Å². The van der Waals surface area contributed by atoms with Crippen LogP contribution in [0, 0.1) is 6.92 Å². The van der Waals surface area contributed by atoms with Gasteiger partial charge in [0.2, 0.25) is 5.95 Å². The Morgan fingerprint density at radius 2 is 2.22 bits per heavy atom. The van der Waals surface area contributed by atoms with Crippen LogP contribution in [0.5, 0.6) is 0 Å². The Kier molecular flexibility index (Phi) is 2.51. The molecule has 0 bridgehead atoms. The van der Waals surface area contributed by atoms with E-state index in [0.717, 1.165) is 18.7 Å². The fourth-order valence-electron chi connectivity index (χ4n) is 1.81. The van der Waals surface area contributed by atoms with Gasteiger partial charge in [0, 0.05) is 12.2 Å². The number of carbonyl (C=O) groups excluding carboxylic acids is 1. The number of nitrogens with zero attached hydrogens (tertiary/aromatic N) is 5. The van der Waals surface area contributed by atoms with E-state index >= 15 is 0 Å². The van der Waals surface area contributed by atoms with Crippen LogP contribution in [0.15, 0.2) is 18.3 Å². The molecule has 3 rings (SSSR count). The predicted octanol–water partition coefficient (Wildman–Crippen LogP) is 0.964. The van der Waals surface area contributed by atoms with Crippen LogP contribution in [0.1, 0.15) is 35.2 Å². The summed E-state index contributed by atoms with van der Waals surface area (Å²) in [5.74, 6) is 0.968. The fraction of sp³-hybridized carbons (Fsp3) is 0.364. The van der Waals surface area contributed by atoms with Crippen LogP contribution in [0.2, 0.25) is 0 Å². The zero-order valence-corrected chi connectivity index (χ0v) is 9.87. The number of hydrogen-bond donors (Lipinski definition) is 1. The van der Waals surface area contributed by atoms with Crippen LogP contribution in [-0.2, 0) is 0 Å². The first-order chi connectivity index (χ1) is 8.75. The second kappa shape index (κ2) is 4.17. The molecule has 2 aromatic rings. The van der Waals surface area contributed by atoms with Crippen LogP contribution in [-0.4, -0.2) is 30.9 Å². The minimum atomic E-state index is -0.322. The smallest absolute Gasteiger partial charge is 0.278 e. The second-order valence-electron chi connectivity index (χ2n) is 4.24. The molecule has 0 atom stereocenters. The number of carbonyl (C=O) groups is 1. The molecule has 2 aromatic heterocycles. The van der Waals surface area contributed by atoms with Gasteiger partial charge in [0.05, 0.1) is 0 Å². The zero-order chi connectivity index (χ0) is 12.5. The highest BCUT2D eigenvalue weighted by atomic mass is 16.2. The molecule has 92 valence electrons. The molecule has 7 heteroatoms. The third kappa shape index (κ3) is 1.94. The maximum absolute atomic E-state index is 11.9. The maximum Gasteiger partial charge on any atom is 0.278 e. The van der Waals surface area contributed by atoms with Gasteiger partial charge in [-0.1, -0.05) is 0 Å². The van der Waals surface area contributed by atoms with E-state index in [-0.39, 0.29) is 11.6 Å². The van der Waals surface area contributed by atoms with Crippen molar-refractivity contribution in [2.24, 2.45) is 0 Å². The van der Waals surface area contributed by atoms with Crippen molar-refractivity contribution in [2.75, 3.05) is 5.32 Å². The number of aromatic nitrogens is 5. The molecule has 1 fully saturated rings. The molecular weight excluding hydrogens is 232 g/mol. The minimum absolute atomic E-state index is 0.264. The Balaban J connectivity index is 1.83. The van der Waals surface area contributed by atoms with Gasteiger partial charge in [-0.2, -0.15) is 5.10 Å². The predicted molar refractivity (Wildman–Crippen MR) is 63.0 cm³/mol. The number of rotatable bonds is 3. The first-order valence-corrected chi connectivity index (χ1v) is 5.76. The molecule has 1 saturated carbocycles. The van der Waals surface area contributed by atoms with E-state index in [1.165, 1.54) is 6.20 Å². The lowest BCUT2D eigenvalue weighted by Gasteiger charge is -2.07. The Hall–Kier alpha value is -2.31. The van der Waals surface area contributed by atoms with Crippen molar-refractivity contribution in [3.63, 3.8) is 0 Å². The summed E-state index contributed by atoms with van der Waals surface area (Å²) in [5.41, 5.74) is 0.264. The highest BCUT2D eigenvalue weighted by Gasteiger charge is 2.29. The van der Waals surface area contributed by atoms with Crippen molar-refractivity contribution < 1.29 is 4.79 Å². The SMILES string of the molecule is Cc1nnc(NC(=O)c2cccnn2)n1C1CC1. The van der Waals surface area contributed by atoms with Gasteiger partial charge in [-0.15, -0.1) is 15.3 Å². The van der Waals surface area contributed by atoms with Gasteiger partial charge in [0.15, 0.2) is 5.69 Å². The second-order valence-corrected chi connectivity index (χ2v) is 4.24. The quantitative estimate of drug-likeness (QED) is 0.869. The lowest BCUT2D eigenvalue weighted by Crippen LogP contribution is -2.17. The Bertz CT molecular complexity index is 574. The molecule has 1 aliphatic rings. The molecule has 1 amide bonds. The topological polar surface area (TPSA) is 85.6 Å². The van der Waals surface area contributed by atoms with E-state index in [9.17, 15) is 4.79 Å². The number of aryl methyl sites for hydroxylation is 1. The summed E-state index contributed by atoms with van der Waals surface area (Å²) < 4.78 is 1.95. The molecular formula is C11H12N6O. The van der Waals surface area contributed by atoms with E-state index in [1.807, 2.05) is 11.5 Å². The number of anilines is 1. The lowest BCUT2D eigenvalue weighted by atomic mass is 10.4. The van der Waals surface area contributed by atoms with Gasteiger partial charge < -0.3 is 0 Å². The summed E-state index contributed by atoms with van der Waals surface area (Å²) in [6.45, 7) is 1.88. The summed E-state index contributed by atoms with van der Waals surface area (Å²) >= 11 is 0. The van der Waals surface area contributed by atoms with Crippen molar-refractivity contribution in [1.29, 1.82) is 0 Å². The van der Waals surface area contributed by atoms with E-state index in [1.54, 1.807) is 12.1 Å². The lowest BCUT2D eigenvalue weighted by molar-refractivity contribution is 0.102. The number of amides is 1. The van der Waals surface area contributed by atoms with Gasteiger partial charge in [0.25, 0.3) is 5.91 Å². The number of nitrogens with one attached hydrogen (secondary N) is 1. The third-order valence-electron chi connectivity index (χ3n) is 2.81. The minimum Gasteiger partial charge on any atom is -0.294 e. The van der Waals surface area contributed by atoms with E-state index in [4.69, 9.17) is 0 Å². The van der Waals surface area contributed by atoms with Crippen molar-refractivity contribution in [2.45, 2.75) is 25.8 Å². The highest BCUT2D eigenvalue weighted by Crippen LogP contribution is 2.37. The largest absolute Gasteiger partial charge is 0.294 e. The first kappa shape index (κ1) is 10.8. The summed E-state index contributed by atoms with van der Waals surface area (Å²) in [6, 6.07) is 3.68. The molecule has 0 saturated heterocycles. The van der Waals surface area contributed by atoms with E-state index < -0.39 is 0 Å². The van der Waals surface area contributed by atoms with Crippen molar-refractivity contribution in [3.05, 3.63) is 29.8 Å². The summed E-state index contributed by atoms with van der Waals surface area (Å²) in [4.78, 5) is 11.9. The summed E-state index contributed by atoms with van der Waals surface area (Å²) in [7, 11) is 0. The van der Waals surface area contributed by atoms with Gasteiger partial charge in [-0.05, 0) is 31.9 Å². The fourth-order valence-corrected chi connectivity index (χ4v) is 1.81. The first-order valence-electron chi connectivity index (χ1n) is 5.76. The van der Waals surface area contributed by atoms with Crippen molar-refractivity contribution in [1.82, 2.24) is 25.0 Å². The summed E-state index contributed by atoms with van der Waals surface area (Å²) in [6.07, 6.45) is 3.73. The zero-order valence-electron chi connectivity index (χ0n) is 9.87. The standard InChI is InChI=1S/C11H12N6O/c1-7-14-16-11(17(7)8-4-5-8)13-10(18)9-3-2-6-12-15-9/h2-3,6,8H,4-5H2,1H3,(H,13,16,18). The van der Waals surface area contributed by atoms with Crippen LogP contribution in [0.4, 0.5) is 5.95 Å². The Morgan fingerprint density at radius 1 is 1.39 bits per heavy atom. The van der Waals surface area contributed by atoms with Crippen LogP contribution < -0.4 is 5.32 Å². The van der Waals surface area contributed by atoms with Crippen LogP contribution in [0.25, 0.3) is 0 Å². The monoisotopic (exact) mass is 244 g/mol.